The lowest BCUT2D eigenvalue weighted by Crippen LogP contribution is -2.56. The first-order valence-electron chi connectivity index (χ1n) is 20.3. The zero-order valence-corrected chi connectivity index (χ0v) is 30.2. The van der Waals surface area contributed by atoms with E-state index in [-0.39, 0.29) is 71.8 Å². The number of ether oxygens (including phenoxy) is 2. The fourth-order valence-corrected chi connectivity index (χ4v) is 12.8. The van der Waals surface area contributed by atoms with E-state index in [1.807, 2.05) is 0 Å². The molecule has 3 saturated carbocycles. The molecule has 4 bridgehead atoms. The first-order chi connectivity index (χ1) is 24.3. The second kappa shape index (κ2) is 12.5. The van der Waals surface area contributed by atoms with Crippen molar-refractivity contribution in [2.24, 2.45) is 11.8 Å². The van der Waals surface area contributed by atoms with Gasteiger partial charge in [-0.05, 0) is 101 Å². The first-order valence-corrected chi connectivity index (χ1v) is 20.3. The molecular weight excluding hydrogens is 632 g/mol. The molecule has 8 atom stereocenters. The average molecular weight is 689 g/mol. The fraction of sp³-hybridized carbons (Fsp3) is 0.800. The Morgan fingerprint density at radius 1 is 0.680 bits per heavy atom. The molecule has 272 valence electrons. The summed E-state index contributed by atoms with van der Waals surface area (Å²) >= 11 is 0. The van der Waals surface area contributed by atoms with Crippen LogP contribution in [0.4, 0.5) is 0 Å². The molecule has 50 heavy (non-hydrogen) atoms. The first kappa shape index (κ1) is 33.1. The van der Waals surface area contributed by atoms with Crippen molar-refractivity contribution < 1.29 is 28.7 Å². The number of rotatable bonds is 8. The van der Waals surface area contributed by atoms with E-state index in [1.165, 1.54) is 0 Å². The Morgan fingerprint density at radius 2 is 1.10 bits per heavy atom. The highest BCUT2D eigenvalue weighted by Crippen LogP contribution is 2.56. The standard InChI is InChI=1S/C40H56N4O6/c1-3-15-43(29-19-27-21-35(45)49-39(27)23-31(29)41-17-7-5-9-33(39)41)37(47)25-11-13-26(14-12-25)38(48)44(16-4-2)30-20-28-22-36(46)50-40(28)24-32(30)42-18-8-6-10-34(40)42/h21-22,25-26,29-34H,3-20,23-24H2,1-2H3/t25?,26?,29-,30+,31-,32-,33+,34+,39-,40-/m0/s1. The van der Waals surface area contributed by atoms with E-state index in [0.717, 1.165) is 140 Å². The zero-order valence-electron chi connectivity index (χ0n) is 30.2. The predicted molar refractivity (Wildman–Crippen MR) is 186 cm³/mol. The van der Waals surface area contributed by atoms with Crippen LogP contribution in [0.25, 0.3) is 0 Å². The summed E-state index contributed by atoms with van der Waals surface area (Å²) in [6.45, 7) is 7.77. The van der Waals surface area contributed by atoms with Crippen molar-refractivity contribution in [3.05, 3.63) is 23.3 Å². The maximum absolute atomic E-state index is 14.5. The molecule has 9 aliphatic rings. The monoisotopic (exact) mass is 688 g/mol. The average Bonchev–Trinajstić information content (AvgIpc) is 3.82. The van der Waals surface area contributed by atoms with E-state index in [0.29, 0.717) is 0 Å². The number of piperidine rings is 2. The zero-order chi connectivity index (χ0) is 34.4. The minimum atomic E-state index is -0.480. The normalized spacial score (nSPS) is 41.6. The van der Waals surface area contributed by atoms with Crippen molar-refractivity contribution >= 4 is 23.8 Å². The van der Waals surface area contributed by atoms with Crippen LogP contribution in [0.2, 0.25) is 0 Å². The predicted octanol–water partition coefficient (Wildman–Crippen LogP) is 4.51. The van der Waals surface area contributed by atoms with Gasteiger partial charge < -0.3 is 19.3 Å². The maximum Gasteiger partial charge on any atom is 0.331 e. The van der Waals surface area contributed by atoms with Crippen LogP contribution < -0.4 is 0 Å². The molecule has 7 fully saturated rings. The third kappa shape index (κ3) is 4.85. The Hall–Kier alpha value is -2.72. The molecule has 9 rings (SSSR count). The Bertz CT molecular complexity index is 1390. The molecule has 2 spiro atoms. The van der Waals surface area contributed by atoms with Crippen molar-refractivity contribution in [1.29, 1.82) is 0 Å². The molecule has 0 N–H and O–H groups in total. The third-order valence-corrected chi connectivity index (χ3v) is 14.7. The van der Waals surface area contributed by atoms with Gasteiger partial charge in [0.1, 0.15) is 0 Å². The number of nitrogens with zero attached hydrogens (tertiary/aromatic N) is 4. The number of amides is 2. The molecule has 2 amide bonds. The van der Waals surface area contributed by atoms with Crippen LogP contribution in [-0.4, -0.2) is 117 Å². The van der Waals surface area contributed by atoms with E-state index >= 15 is 0 Å². The molecule has 10 nitrogen and oxygen atoms in total. The van der Waals surface area contributed by atoms with Gasteiger partial charge in [0.2, 0.25) is 11.8 Å². The lowest BCUT2D eigenvalue weighted by Gasteiger charge is -2.45. The molecule has 0 radical (unpaired) electrons. The highest BCUT2D eigenvalue weighted by Gasteiger charge is 2.66. The van der Waals surface area contributed by atoms with Crippen molar-refractivity contribution in [3.8, 4) is 0 Å². The van der Waals surface area contributed by atoms with Crippen LogP contribution in [0.15, 0.2) is 23.3 Å². The second-order valence-electron chi connectivity index (χ2n) is 17.2. The van der Waals surface area contributed by atoms with E-state index < -0.39 is 11.2 Å². The van der Waals surface area contributed by atoms with Gasteiger partial charge in [0.25, 0.3) is 0 Å². The van der Waals surface area contributed by atoms with E-state index in [2.05, 4.69) is 33.4 Å². The highest BCUT2D eigenvalue weighted by molar-refractivity contribution is 5.88. The van der Waals surface area contributed by atoms with Gasteiger partial charge in [-0.1, -0.05) is 26.7 Å². The van der Waals surface area contributed by atoms with Crippen molar-refractivity contribution in [2.75, 3.05) is 26.2 Å². The Balaban J connectivity index is 0.903. The second-order valence-corrected chi connectivity index (χ2v) is 17.2. The van der Waals surface area contributed by atoms with Gasteiger partial charge in [-0.15, -0.1) is 0 Å². The molecule has 6 heterocycles. The topological polar surface area (TPSA) is 99.7 Å². The number of carbonyl (C=O) groups excluding carboxylic acids is 4. The summed E-state index contributed by atoms with van der Waals surface area (Å²) in [5.74, 6) is -0.0726. The Morgan fingerprint density at radius 3 is 1.50 bits per heavy atom. The Kier molecular flexibility index (Phi) is 8.26. The SMILES string of the molecule is CCCN(C(=O)C1CCC(C(=O)N(CCC)[C@H]2CC3=CC(=O)O[C@@]34C[C@@H]2N2CCCC[C@@H]24)CC1)[C@@H]1CC2=CC(=O)O[C@@]23C[C@@H]1N1CCCC[C@@H]13. The lowest BCUT2D eigenvalue weighted by molar-refractivity contribution is -0.150. The number of carbonyl (C=O) groups is 4. The molecule has 0 unspecified atom stereocenters. The van der Waals surface area contributed by atoms with Gasteiger partial charge in [0.15, 0.2) is 11.2 Å². The molecule has 0 aromatic heterocycles. The molecule has 4 saturated heterocycles. The number of esters is 2. The summed E-state index contributed by atoms with van der Waals surface area (Å²) in [7, 11) is 0. The summed E-state index contributed by atoms with van der Waals surface area (Å²) in [5, 5.41) is 0. The van der Waals surface area contributed by atoms with Crippen LogP contribution in [0.1, 0.15) is 117 Å². The summed E-state index contributed by atoms with van der Waals surface area (Å²) in [6.07, 6.45) is 18.0. The number of hydrogen-bond acceptors (Lipinski definition) is 8. The summed E-state index contributed by atoms with van der Waals surface area (Å²) < 4.78 is 12.2. The van der Waals surface area contributed by atoms with Crippen LogP contribution >= 0.6 is 0 Å². The van der Waals surface area contributed by atoms with Crippen LogP contribution in [0.3, 0.4) is 0 Å². The van der Waals surface area contributed by atoms with E-state index in [4.69, 9.17) is 9.47 Å². The molecule has 6 aliphatic heterocycles. The Labute approximate surface area is 296 Å². The van der Waals surface area contributed by atoms with Gasteiger partial charge in [-0.3, -0.25) is 19.4 Å². The third-order valence-electron chi connectivity index (χ3n) is 14.7. The summed E-state index contributed by atoms with van der Waals surface area (Å²) in [6, 6.07) is 1.03. The smallest absolute Gasteiger partial charge is 0.331 e. The maximum atomic E-state index is 14.5. The van der Waals surface area contributed by atoms with Gasteiger partial charge in [-0.25, -0.2) is 9.59 Å². The van der Waals surface area contributed by atoms with Gasteiger partial charge in [-0.2, -0.15) is 0 Å². The number of fused-ring (bicyclic) bond motifs is 6. The van der Waals surface area contributed by atoms with Crippen LogP contribution in [-0.2, 0) is 28.7 Å². The van der Waals surface area contributed by atoms with Crippen molar-refractivity contribution in [3.63, 3.8) is 0 Å². The molecule has 3 aliphatic carbocycles. The van der Waals surface area contributed by atoms with Crippen LogP contribution in [0.5, 0.6) is 0 Å². The van der Waals surface area contributed by atoms with Crippen molar-refractivity contribution in [2.45, 2.75) is 164 Å². The molecule has 0 aromatic rings. The summed E-state index contributed by atoms with van der Waals surface area (Å²) in [5.41, 5.74) is 1.26. The fourth-order valence-electron chi connectivity index (χ4n) is 12.8. The summed E-state index contributed by atoms with van der Waals surface area (Å²) in [4.78, 5) is 63.9. The molecular formula is C40H56N4O6. The quantitative estimate of drug-likeness (QED) is 0.344. The molecule has 10 heteroatoms. The largest absolute Gasteiger partial charge is 0.450 e. The van der Waals surface area contributed by atoms with Crippen molar-refractivity contribution in [1.82, 2.24) is 19.6 Å². The molecule has 0 aromatic carbocycles. The van der Waals surface area contributed by atoms with Gasteiger partial charge in [0, 0.05) is 62.0 Å². The minimum absolute atomic E-state index is 0.0584. The highest BCUT2D eigenvalue weighted by atomic mass is 16.6. The van der Waals surface area contributed by atoms with Gasteiger partial charge in [0.05, 0.1) is 24.2 Å². The van der Waals surface area contributed by atoms with Gasteiger partial charge >= 0.3 is 11.9 Å². The van der Waals surface area contributed by atoms with E-state index in [1.54, 1.807) is 12.2 Å². The lowest BCUT2D eigenvalue weighted by atomic mass is 9.74. The van der Waals surface area contributed by atoms with Crippen LogP contribution in [0, 0.1) is 11.8 Å². The number of hydrogen-bond donors (Lipinski definition) is 0. The minimum Gasteiger partial charge on any atom is -0.450 e. The van der Waals surface area contributed by atoms with E-state index in [9.17, 15) is 19.2 Å².